The quantitative estimate of drug-likeness (QED) is 0.820. The Morgan fingerprint density at radius 2 is 1.81 bits per heavy atom. The van der Waals surface area contributed by atoms with Crippen molar-refractivity contribution in [1.29, 1.82) is 0 Å². The smallest absolute Gasteiger partial charge is 0.123 e. The minimum atomic E-state index is -0.205. The maximum atomic E-state index is 13.1. The van der Waals surface area contributed by atoms with E-state index in [1.54, 1.807) is 19.2 Å². The van der Waals surface area contributed by atoms with Crippen molar-refractivity contribution >= 4 is 9.24 Å². The second kappa shape index (κ2) is 9.49. The molecule has 0 fully saturated rings. The number of benzene rings is 2. The number of hydrogen-bond donors (Lipinski definition) is 1. The van der Waals surface area contributed by atoms with E-state index in [0.29, 0.717) is 6.54 Å². The molecule has 0 aliphatic carbocycles. The number of rotatable bonds is 5. The zero-order valence-corrected chi connectivity index (χ0v) is 13.9. The van der Waals surface area contributed by atoms with E-state index in [-0.39, 0.29) is 11.6 Å². The van der Waals surface area contributed by atoms with Crippen LogP contribution in [-0.4, -0.2) is 7.11 Å². The molecule has 21 heavy (non-hydrogen) atoms. The molecule has 0 spiro atoms. The van der Waals surface area contributed by atoms with Gasteiger partial charge in [-0.15, -0.1) is 9.24 Å². The van der Waals surface area contributed by atoms with Gasteiger partial charge in [0.15, 0.2) is 0 Å². The number of ether oxygens (including phenoxy) is 1. The number of halogens is 1. The van der Waals surface area contributed by atoms with E-state index >= 15 is 0 Å². The summed E-state index contributed by atoms with van der Waals surface area (Å²) in [4.78, 5) is 0. The summed E-state index contributed by atoms with van der Waals surface area (Å²) in [6.45, 7) is 4.62. The van der Waals surface area contributed by atoms with Crippen molar-refractivity contribution in [2.75, 3.05) is 7.11 Å². The largest absolute Gasteiger partial charge is 0.497 e. The third kappa shape index (κ3) is 5.82. The van der Waals surface area contributed by atoms with Crippen molar-refractivity contribution < 1.29 is 9.13 Å². The van der Waals surface area contributed by atoms with E-state index < -0.39 is 0 Å². The molecule has 0 aliphatic heterocycles. The van der Waals surface area contributed by atoms with Crippen molar-refractivity contribution in [3.63, 3.8) is 0 Å². The van der Waals surface area contributed by atoms with Crippen LogP contribution in [0.5, 0.6) is 5.75 Å². The molecule has 0 saturated heterocycles. The topological polar surface area (TPSA) is 21.3 Å². The molecule has 0 amide bonds. The van der Waals surface area contributed by atoms with Gasteiger partial charge in [-0.25, -0.2) is 4.39 Å². The van der Waals surface area contributed by atoms with Gasteiger partial charge in [-0.1, -0.05) is 38.1 Å². The van der Waals surface area contributed by atoms with E-state index in [2.05, 4.69) is 14.6 Å². The minimum Gasteiger partial charge on any atom is -0.497 e. The third-order valence-corrected chi connectivity index (χ3v) is 3.51. The lowest BCUT2D eigenvalue weighted by Gasteiger charge is -2.14. The first-order valence-electron chi connectivity index (χ1n) is 7.06. The Hall–Kier alpha value is -1.44. The number of hydrogen-bond acceptors (Lipinski definition) is 2. The Morgan fingerprint density at radius 1 is 1.14 bits per heavy atom. The first-order chi connectivity index (χ1) is 10.2. The minimum absolute atomic E-state index is 0.120. The molecule has 2 aromatic rings. The molecule has 2 atom stereocenters. The molecule has 2 rings (SSSR count). The van der Waals surface area contributed by atoms with Crippen LogP contribution in [0.15, 0.2) is 48.5 Å². The summed E-state index contributed by atoms with van der Waals surface area (Å²) in [6, 6.07) is 14.5. The van der Waals surface area contributed by atoms with E-state index in [1.807, 2.05) is 44.2 Å². The van der Waals surface area contributed by atoms with Crippen LogP contribution in [0.25, 0.3) is 0 Å². The van der Waals surface area contributed by atoms with Crippen LogP contribution in [0.3, 0.4) is 0 Å². The molecule has 0 saturated carbocycles. The average Bonchev–Trinajstić information content (AvgIpc) is 2.54. The first-order valence-corrected chi connectivity index (χ1v) is 7.73. The van der Waals surface area contributed by atoms with E-state index in [1.165, 1.54) is 6.07 Å². The monoisotopic (exact) mass is 307 g/mol. The molecule has 4 heteroatoms. The van der Waals surface area contributed by atoms with Gasteiger partial charge in [-0.05, 0) is 35.4 Å². The lowest BCUT2D eigenvalue weighted by atomic mass is 10.2. The first kappa shape index (κ1) is 17.6. The predicted molar refractivity (Wildman–Crippen MR) is 90.0 cm³/mol. The van der Waals surface area contributed by atoms with Crippen molar-refractivity contribution in [2.24, 2.45) is 0 Å². The predicted octanol–water partition coefficient (Wildman–Crippen LogP) is 4.52. The van der Waals surface area contributed by atoms with E-state index in [0.717, 1.165) is 16.9 Å². The lowest BCUT2D eigenvalue weighted by Crippen LogP contribution is -2.15. The van der Waals surface area contributed by atoms with Gasteiger partial charge in [0.05, 0.1) is 7.11 Å². The summed E-state index contributed by atoms with van der Waals surface area (Å²) in [5, 5.41) is 3.34. The van der Waals surface area contributed by atoms with Crippen LogP contribution in [0.4, 0.5) is 4.39 Å². The van der Waals surface area contributed by atoms with Gasteiger partial charge in [0, 0.05) is 12.3 Å². The fourth-order valence-corrected chi connectivity index (χ4v) is 2.14. The van der Waals surface area contributed by atoms with Crippen molar-refractivity contribution in [3.8, 4) is 5.75 Å². The normalized spacial score (nSPS) is 11.3. The average molecular weight is 307 g/mol. The molecule has 2 unspecified atom stereocenters. The maximum Gasteiger partial charge on any atom is 0.123 e. The van der Waals surface area contributed by atoms with E-state index in [9.17, 15) is 4.39 Å². The van der Waals surface area contributed by atoms with Gasteiger partial charge < -0.3 is 10.1 Å². The zero-order chi connectivity index (χ0) is 15.7. The molecule has 2 aromatic carbocycles. The van der Waals surface area contributed by atoms with Crippen LogP contribution in [-0.2, 0) is 6.54 Å². The fraction of sp³-hybridized carbons (Fsp3) is 0.294. The standard InChI is InChI=1S/C15H17FNOP.C2H6/c1-18-14-7-5-12(6-8-14)15(19)17-10-11-3-2-4-13(16)9-11;1-2/h2-9,15,17H,10,19H2,1H3;1-2H3. The molecule has 114 valence electrons. The van der Waals surface area contributed by atoms with Gasteiger partial charge in [0.25, 0.3) is 0 Å². The molecule has 1 N–H and O–H groups in total. The van der Waals surface area contributed by atoms with Gasteiger partial charge >= 0.3 is 0 Å². The van der Waals surface area contributed by atoms with Crippen molar-refractivity contribution in [1.82, 2.24) is 5.32 Å². The highest BCUT2D eigenvalue weighted by molar-refractivity contribution is 7.17. The van der Waals surface area contributed by atoms with Crippen molar-refractivity contribution in [3.05, 3.63) is 65.5 Å². The molecule has 0 heterocycles. The van der Waals surface area contributed by atoms with E-state index in [4.69, 9.17) is 4.74 Å². The number of methoxy groups -OCH3 is 1. The van der Waals surface area contributed by atoms with Crippen LogP contribution in [0.1, 0.15) is 30.8 Å². The zero-order valence-electron chi connectivity index (χ0n) is 12.8. The molecule has 2 nitrogen and oxygen atoms in total. The molecule has 0 aliphatic rings. The van der Waals surface area contributed by atoms with Crippen LogP contribution >= 0.6 is 9.24 Å². The lowest BCUT2D eigenvalue weighted by molar-refractivity contribution is 0.414. The highest BCUT2D eigenvalue weighted by atomic mass is 31.0. The summed E-state index contributed by atoms with van der Waals surface area (Å²) in [5.74, 6) is 0.754. The molecule has 0 bridgehead atoms. The Kier molecular flexibility index (Phi) is 7.96. The summed E-state index contributed by atoms with van der Waals surface area (Å²) < 4.78 is 18.2. The highest BCUT2D eigenvalue weighted by Crippen LogP contribution is 2.22. The van der Waals surface area contributed by atoms with Gasteiger partial charge in [-0.2, -0.15) is 0 Å². The Labute approximate surface area is 128 Å². The van der Waals surface area contributed by atoms with Crippen LogP contribution in [0, 0.1) is 5.82 Å². The van der Waals surface area contributed by atoms with Gasteiger partial charge in [-0.3, -0.25) is 0 Å². The molecule has 0 radical (unpaired) electrons. The fourth-order valence-electron chi connectivity index (χ4n) is 1.80. The Morgan fingerprint density at radius 3 is 2.38 bits per heavy atom. The Balaban J connectivity index is 0.00000106. The summed E-state index contributed by atoms with van der Waals surface area (Å²) in [5.41, 5.74) is 2.07. The summed E-state index contributed by atoms with van der Waals surface area (Å²) in [6.07, 6.45) is 0. The third-order valence-electron chi connectivity index (χ3n) is 2.89. The molecule has 0 aromatic heterocycles. The summed E-state index contributed by atoms with van der Waals surface area (Å²) in [7, 11) is 4.39. The van der Waals surface area contributed by atoms with Crippen LogP contribution in [0.2, 0.25) is 0 Å². The SMILES string of the molecule is CC.COc1ccc(C(P)NCc2cccc(F)c2)cc1. The second-order valence-corrected chi connectivity index (χ2v) is 4.93. The highest BCUT2D eigenvalue weighted by Gasteiger charge is 2.05. The second-order valence-electron chi connectivity index (χ2n) is 4.26. The maximum absolute atomic E-state index is 13.1. The number of nitrogens with one attached hydrogen (secondary N) is 1. The summed E-state index contributed by atoms with van der Waals surface area (Å²) >= 11 is 0. The van der Waals surface area contributed by atoms with Crippen LogP contribution < -0.4 is 10.1 Å². The van der Waals surface area contributed by atoms with Crippen molar-refractivity contribution in [2.45, 2.75) is 26.2 Å². The van der Waals surface area contributed by atoms with Gasteiger partial charge in [0.2, 0.25) is 0 Å². The molecular weight excluding hydrogens is 284 g/mol. The van der Waals surface area contributed by atoms with Gasteiger partial charge in [0.1, 0.15) is 11.6 Å². The Bertz CT molecular complexity index is 531. The molecular formula is C17H23FNOP.